The summed E-state index contributed by atoms with van der Waals surface area (Å²) >= 11 is 1.34. The predicted molar refractivity (Wildman–Crippen MR) is 88.4 cm³/mol. The molecule has 0 saturated heterocycles. The highest BCUT2D eigenvalue weighted by Crippen LogP contribution is 2.17. The van der Waals surface area contributed by atoms with Crippen molar-refractivity contribution in [1.29, 1.82) is 0 Å². The van der Waals surface area contributed by atoms with Gasteiger partial charge in [-0.15, -0.1) is 10.2 Å². The number of aryl methyl sites for hydroxylation is 1. The Morgan fingerprint density at radius 1 is 1.30 bits per heavy atom. The number of rotatable bonds is 6. The molecule has 7 heteroatoms. The third-order valence-electron chi connectivity index (χ3n) is 3.15. The van der Waals surface area contributed by atoms with E-state index in [2.05, 4.69) is 15.5 Å². The average molecular weight is 328 g/mol. The van der Waals surface area contributed by atoms with E-state index in [1.54, 1.807) is 12.6 Å². The molecule has 0 spiro atoms. The van der Waals surface area contributed by atoms with Crippen LogP contribution < -0.4 is 5.32 Å². The zero-order chi connectivity index (χ0) is 16.1. The van der Waals surface area contributed by atoms with E-state index in [1.165, 1.54) is 11.8 Å². The number of hydrogen-bond acceptors (Lipinski definition) is 5. The second-order valence-electron chi connectivity index (χ2n) is 5.02. The summed E-state index contributed by atoms with van der Waals surface area (Å²) in [7, 11) is 0. The maximum absolute atomic E-state index is 12.0. The van der Waals surface area contributed by atoms with E-state index in [0.717, 1.165) is 17.0 Å². The monoisotopic (exact) mass is 328 g/mol. The lowest BCUT2D eigenvalue weighted by Gasteiger charge is -2.06. The van der Waals surface area contributed by atoms with E-state index in [9.17, 15) is 4.79 Å². The number of carbonyl (C=O) groups is 1. The minimum Gasteiger partial charge on any atom is -0.467 e. The number of anilines is 1. The van der Waals surface area contributed by atoms with Gasteiger partial charge < -0.3 is 14.3 Å². The van der Waals surface area contributed by atoms with Gasteiger partial charge in [-0.05, 0) is 31.2 Å². The molecule has 2 heterocycles. The van der Waals surface area contributed by atoms with Crippen LogP contribution >= 0.6 is 11.8 Å². The third kappa shape index (κ3) is 4.23. The predicted octanol–water partition coefficient (Wildman–Crippen LogP) is 2.96. The fourth-order valence-corrected chi connectivity index (χ4v) is 2.71. The van der Waals surface area contributed by atoms with E-state index in [4.69, 9.17) is 4.42 Å². The molecule has 0 bridgehead atoms. The molecule has 0 unspecified atom stereocenters. The molecular weight excluding hydrogens is 312 g/mol. The maximum atomic E-state index is 12.0. The van der Waals surface area contributed by atoms with Crippen molar-refractivity contribution in [2.45, 2.75) is 18.6 Å². The molecule has 0 aliphatic rings. The van der Waals surface area contributed by atoms with Gasteiger partial charge >= 0.3 is 0 Å². The lowest BCUT2D eigenvalue weighted by atomic mass is 10.2. The van der Waals surface area contributed by atoms with Gasteiger partial charge in [0.15, 0.2) is 5.16 Å². The summed E-state index contributed by atoms with van der Waals surface area (Å²) < 4.78 is 7.16. The van der Waals surface area contributed by atoms with Crippen molar-refractivity contribution in [3.8, 4) is 0 Å². The number of benzene rings is 1. The molecule has 23 heavy (non-hydrogen) atoms. The van der Waals surface area contributed by atoms with Crippen molar-refractivity contribution >= 4 is 23.4 Å². The fraction of sp³-hybridized carbons (Fsp3) is 0.188. The zero-order valence-electron chi connectivity index (χ0n) is 12.6. The maximum Gasteiger partial charge on any atom is 0.234 e. The van der Waals surface area contributed by atoms with E-state index in [1.807, 2.05) is 47.9 Å². The Balaban J connectivity index is 1.55. The van der Waals surface area contributed by atoms with Crippen LogP contribution in [0.25, 0.3) is 0 Å². The van der Waals surface area contributed by atoms with Crippen LogP contribution in [0.4, 0.5) is 5.69 Å². The molecule has 0 aliphatic heterocycles. The second kappa shape index (κ2) is 7.15. The summed E-state index contributed by atoms with van der Waals surface area (Å²) in [6.45, 7) is 2.55. The number of amides is 1. The van der Waals surface area contributed by atoms with E-state index < -0.39 is 0 Å². The summed E-state index contributed by atoms with van der Waals surface area (Å²) in [6.07, 6.45) is 3.25. The van der Waals surface area contributed by atoms with Crippen molar-refractivity contribution in [3.63, 3.8) is 0 Å². The zero-order valence-corrected chi connectivity index (χ0v) is 13.4. The van der Waals surface area contributed by atoms with Crippen LogP contribution in [0.15, 0.2) is 58.6 Å². The number of hydrogen-bond donors (Lipinski definition) is 1. The Morgan fingerprint density at radius 3 is 2.87 bits per heavy atom. The molecule has 118 valence electrons. The molecule has 1 aromatic carbocycles. The van der Waals surface area contributed by atoms with Gasteiger partial charge in [0, 0.05) is 5.69 Å². The van der Waals surface area contributed by atoms with Gasteiger partial charge in [-0.1, -0.05) is 29.5 Å². The van der Waals surface area contributed by atoms with Gasteiger partial charge in [0.05, 0.1) is 18.6 Å². The molecule has 2 aromatic heterocycles. The number of furan rings is 1. The fourth-order valence-electron chi connectivity index (χ4n) is 2.00. The van der Waals surface area contributed by atoms with Gasteiger partial charge in [0.2, 0.25) is 5.91 Å². The normalized spacial score (nSPS) is 10.7. The van der Waals surface area contributed by atoms with Gasteiger partial charge in [0.1, 0.15) is 12.1 Å². The lowest BCUT2D eigenvalue weighted by molar-refractivity contribution is -0.113. The van der Waals surface area contributed by atoms with Crippen molar-refractivity contribution < 1.29 is 9.21 Å². The highest BCUT2D eigenvalue weighted by Gasteiger charge is 2.10. The largest absolute Gasteiger partial charge is 0.467 e. The van der Waals surface area contributed by atoms with Crippen LogP contribution in [-0.2, 0) is 11.3 Å². The Kier molecular flexibility index (Phi) is 4.77. The average Bonchev–Trinajstić information content (AvgIpc) is 3.20. The first kappa shape index (κ1) is 15.4. The molecule has 3 aromatic rings. The summed E-state index contributed by atoms with van der Waals surface area (Å²) in [6, 6.07) is 11.4. The topological polar surface area (TPSA) is 73.0 Å². The molecule has 0 radical (unpaired) electrons. The summed E-state index contributed by atoms with van der Waals surface area (Å²) in [5.41, 5.74) is 1.95. The minimum absolute atomic E-state index is 0.0774. The first-order valence-electron chi connectivity index (χ1n) is 7.10. The minimum atomic E-state index is -0.0774. The van der Waals surface area contributed by atoms with Crippen LogP contribution in [0.2, 0.25) is 0 Å². The van der Waals surface area contributed by atoms with Gasteiger partial charge in [-0.2, -0.15) is 0 Å². The number of nitrogens with one attached hydrogen (secondary N) is 1. The summed E-state index contributed by atoms with van der Waals surface area (Å²) in [5, 5.41) is 11.5. The second-order valence-corrected chi connectivity index (χ2v) is 5.97. The number of nitrogens with zero attached hydrogens (tertiary/aromatic N) is 3. The van der Waals surface area contributed by atoms with Gasteiger partial charge in [-0.3, -0.25) is 4.79 Å². The van der Waals surface area contributed by atoms with Crippen LogP contribution in [0.5, 0.6) is 0 Å². The first-order chi connectivity index (χ1) is 11.2. The molecule has 1 amide bonds. The molecule has 0 fully saturated rings. The van der Waals surface area contributed by atoms with Crippen LogP contribution in [0.1, 0.15) is 11.3 Å². The molecule has 1 N–H and O–H groups in total. The highest BCUT2D eigenvalue weighted by molar-refractivity contribution is 7.99. The van der Waals surface area contributed by atoms with Crippen molar-refractivity contribution in [2.75, 3.05) is 11.1 Å². The SMILES string of the molecule is Cc1ccc(NC(=O)CSc2nncn2Cc2ccco2)cc1. The molecule has 3 rings (SSSR count). The van der Waals surface area contributed by atoms with Crippen LogP contribution in [-0.4, -0.2) is 26.4 Å². The first-order valence-corrected chi connectivity index (χ1v) is 8.09. The Hall–Kier alpha value is -2.54. The molecule has 0 atom stereocenters. The quantitative estimate of drug-likeness (QED) is 0.704. The Bertz CT molecular complexity index is 766. The molecule has 0 aliphatic carbocycles. The van der Waals surface area contributed by atoms with Crippen molar-refractivity contribution in [1.82, 2.24) is 14.8 Å². The number of aromatic nitrogens is 3. The molecular formula is C16H16N4O2S. The lowest BCUT2D eigenvalue weighted by Crippen LogP contribution is -2.14. The third-order valence-corrected chi connectivity index (χ3v) is 4.13. The standard InChI is InChI=1S/C16H16N4O2S/c1-12-4-6-13(7-5-12)18-15(21)10-23-16-19-17-11-20(16)9-14-3-2-8-22-14/h2-8,11H,9-10H2,1H3,(H,18,21). The van der Waals surface area contributed by atoms with Crippen molar-refractivity contribution in [3.05, 3.63) is 60.3 Å². The Morgan fingerprint density at radius 2 is 2.13 bits per heavy atom. The van der Waals surface area contributed by atoms with E-state index in [0.29, 0.717) is 11.7 Å². The van der Waals surface area contributed by atoms with Crippen molar-refractivity contribution in [2.24, 2.45) is 0 Å². The molecule has 0 saturated carbocycles. The number of carbonyl (C=O) groups excluding carboxylic acids is 1. The van der Waals surface area contributed by atoms with Crippen LogP contribution in [0, 0.1) is 6.92 Å². The van der Waals surface area contributed by atoms with Gasteiger partial charge in [-0.25, -0.2) is 0 Å². The highest BCUT2D eigenvalue weighted by atomic mass is 32.2. The number of thioether (sulfide) groups is 1. The molecule has 6 nitrogen and oxygen atoms in total. The van der Waals surface area contributed by atoms with E-state index >= 15 is 0 Å². The summed E-state index contributed by atoms with van der Waals surface area (Å²) in [5.74, 6) is 1.01. The smallest absolute Gasteiger partial charge is 0.234 e. The van der Waals surface area contributed by atoms with Crippen LogP contribution in [0.3, 0.4) is 0 Å². The van der Waals surface area contributed by atoms with E-state index in [-0.39, 0.29) is 11.7 Å². The summed E-state index contributed by atoms with van der Waals surface area (Å²) in [4.78, 5) is 12.0. The van der Waals surface area contributed by atoms with Gasteiger partial charge in [0.25, 0.3) is 0 Å². The Labute approximate surface area is 137 Å².